The van der Waals surface area contributed by atoms with Gasteiger partial charge in [0.2, 0.25) is 0 Å². The van der Waals surface area contributed by atoms with Crippen molar-refractivity contribution in [1.82, 2.24) is 0 Å². The van der Waals surface area contributed by atoms with Crippen molar-refractivity contribution >= 4 is 39.3 Å². The monoisotopic (exact) mass is 341 g/mol. The zero-order valence-corrected chi connectivity index (χ0v) is 12.9. The molecule has 0 aliphatic heterocycles. The number of rotatable bonds is 4. The number of hydrogen-bond donors (Lipinski definition) is 1. The van der Waals surface area contributed by atoms with Crippen LogP contribution in [0.2, 0.25) is 5.02 Å². The van der Waals surface area contributed by atoms with E-state index in [1.54, 1.807) is 11.8 Å². The van der Waals surface area contributed by atoms with Crippen molar-refractivity contribution in [2.75, 3.05) is 6.54 Å². The third-order valence-corrected chi connectivity index (χ3v) is 4.75. The fourth-order valence-corrected chi connectivity index (χ4v) is 3.46. The molecule has 1 nitrogen and oxygen atoms in total. The fourth-order valence-electron chi connectivity index (χ4n) is 1.60. The van der Waals surface area contributed by atoms with Gasteiger partial charge in [-0.25, -0.2) is 0 Å². The standard InChI is InChI=1S/C14H13BrClNS/c15-12-9-11(6-5-10(12)7-8-17)18-14-4-2-1-3-13(14)16/h1-6,9H,7-8,17H2. The van der Waals surface area contributed by atoms with E-state index in [0.29, 0.717) is 6.54 Å². The highest BCUT2D eigenvalue weighted by atomic mass is 79.9. The Bertz CT molecular complexity index is 545. The summed E-state index contributed by atoms with van der Waals surface area (Å²) >= 11 is 11.4. The first-order valence-corrected chi connectivity index (χ1v) is 7.60. The smallest absolute Gasteiger partial charge is 0.0545 e. The molecule has 2 rings (SSSR count). The first kappa shape index (κ1) is 13.9. The van der Waals surface area contributed by atoms with Crippen LogP contribution in [0.3, 0.4) is 0 Å². The molecule has 0 radical (unpaired) electrons. The molecule has 0 aliphatic rings. The van der Waals surface area contributed by atoms with Crippen molar-refractivity contribution < 1.29 is 0 Å². The van der Waals surface area contributed by atoms with E-state index in [1.165, 1.54) is 5.56 Å². The molecule has 0 aliphatic carbocycles. The van der Waals surface area contributed by atoms with Gasteiger partial charge in [-0.2, -0.15) is 0 Å². The minimum absolute atomic E-state index is 0.662. The van der Waals surface area contributed by atoms with E-state index < -0.39 is 0 Å². The normalized spacial score (nSPS) is 10.6. The summed E-state index contributed by atoms with van der Waals surface area (Å²) in [6, 6.07) is 14.2. The summed E-state index contributed by atoms with van der Waals surface area (Å²) in [4.78, 5) is 2.23. The molecule has 2 aromatic rings. The van der Waals surface area contributed by atoms with Crippen LogP contribution >= 0.6 is 39.3 Å². The van der Waals surface area contributed by atoms with Crippen LogP contribution in [0.15, 0.2) is 56.7 Å². The van der Waals surface area contributed by atoms with Crippen molar-refractivity contribution in [2.45, 2.75) is 16.2 Å². The Balaban J connectivity index is 2.20. The third kappa shape index (κ3) is 3.51. The zero-order chi connectivity index (χ0) is 13.0. The average Bonchev–Trinajstić information content (AvgIpc) is 2.36. The van der Waals surface area contributed by atoms with E-state index in [1.807, 2.05) is 24.3 Å². The molecule has 4 heteroatoms. The van der Waals surface area contributed by atoms with Gasteiger partial charge < -0.3 is 5.73 Å². The van der Waals surface area contributed by atoms with E-state index in [4.69, 9.17) is 17.3 Å². The molecule has 0 unspecified atom stereocenters. The van der Waals surface area contributed by atoms with Crippen LogP contribution in [0, 0.1) is 0 Å². The van der Waals surface area contributed by atoms with Gasteiger partial charge in [0, 0.05) is 14.3 Å². The highest BCUT2D eigenvalue weighted by Crippen LogP contribution is 2.34. The molecule has 2 aromatic carbocycles. The highest BCUT2D eigenvalue weighted by Gasteiger charge is 2.05. The van der Waals surface area contributed by atoms with Crippen LogP contribution < -0.4 is 5.73 Å². The molecule has 0 heterocycles. The van der Waals surface area contributed by atoms with Crippen LogP contribution in [-0.4, -0.2) is 6.54 Å². The van der Waals surface area contributed by atoms with Gasteiger partial charge in [0.1, 0.15) is 0 Å². The quantitative estimate of drug-likeness (QED) is 0.867. The Labute approximate surface area is 125 Å². The van der Waals surface area contributed by atoms with E-state index in [-0.39, 0.29) is 0 Å². The van der Waals surface area contributed by atoms with Gasteiger partial charge in [0.05, 0.1) is 5.02 Å². The summed E-state index contributed by atoms with van der Waals surface area (Å²) in [6.45, 7) is 0.662. The van der Waals surface area contributed by atoms with Crippen LogP contribution in [-0.2, 0) is 6.42 Å². The minimum atomic E-state index is 0.662. The maximum Gasteiger partial charge on any atom is 0.0545 e. The maximum absolute atomic E-state index is 6.15. The van der Waals surface area contributed by atoms with Gasteiger partial charge >= 0.3 is 0 Å². The van der Waals surface area contributed by atoms with Gasteiger partial charge in [-0.05, 0) is 42.8 Å². The predicted molar refractivity (Wildman–Crippen MR) is 82.5 cm³/mol. The molecule has 0 fully saturated rings. The lowest BCUT2D eigenvalue weighted by molar-refractivity contribution is 0.960. The lowest BCUT2D eigenvalue weighted by atomic mass is 10.1. The third-order valence-electron chi connectivity index (χ3n) is 2.50. The van der Waals surface area contributed by atoms with Crippen molar-refractivity contribution in [3.8, 4) is 0 Å². The summed E-state index contributed by atoms with van der Waals surface area (Å²) in [6.07, 6.45) is 0.887. The minimum Gasteiger partial charge on any atom is -0.330 e. The predicted octanol–water partition coefficient (Wildman–Crippen LogP) is 4.75. The first-order chi connectivity index (χ1) is 8.70. The Morgan fingerprint density at radius 3 is 2.61 bits per heavy atom. The van der Waals surface area contributed by atoms with Crippen molar-refractivity contribution in [1.29, 1.82) is 0 Å². The Hall–Kier alpha value is -0.480. The van der Waals surface area contributed by atoms with Gasteiger partial charge in [-0.1, -0.05) is 57.5 Å². The molecule has 18 heavy (non-hydrogen) atoms. The van der Waals surface area contributed by atoms with Crippen molar-refractivity contribution in [3.05, 3.63) is 57.5 Å². The van der Waals surface area contributed by atoms with Gasteiger partial charge in [-0.15, -0.1) is 0 Å². The molecule has 0 saturated carbocycles. The van der Waals surface area contributed by atoms with E-state index in [2.05, 4.69) is 34.1 Å². The van der Waals surface area contributed by atoms with Gasteiger partial charge in [-0.3, -0.25) is 0 Å². The second-order valence-electron chi connectivity index (χ2n) is 3.82. The van der Waals surface area contributed by atoms with Gasteiger partial charge in [0.15, 0.2) is 0 Å². The Morgan fingerprint density at radius 2 is 1.94 bits per heavy atom. The molecule has 0 atom stereocenters. The van der Waals surface area contributed by atoms with Gasteiger partial charge in [0.25, 0.3) is 0 Å². The fraction of sp³-hybridized carbons (Fsp3) is 0.143. The van der Waals surface area contributed by atoms with Crippen LogP contribution in [0.1, 0.15) is 5.56 Å². The average molecular weight is 343 g/mol. The van der Waals surface area contributed by atoms with Crippen molar-refractivity contribution in [3.63, 3.8) is 0 Å². The number of nitrogens with two attached hydrogens (primary N) is 1. The molecule has 0 bridgehead atoms. The van der Waals surface area contributed by atoms with E-state index in [9.17, 15) is 0 Å². The molecule has 0 aromatic heterocycles. The summed E-state index contributed by atoms with van der Waals surface area (Å²) in [5, 5.41) is 0.782. The molecular weight excluding hydrogens is 330 g/mol. The largest absolute Gasteiger partial charge is 0.330 e. The maximum atomic E-state index is 6.15. The summed E-state index contributed by atoms with van der Waals surface area (Å²) in [7, 11) is 0. The van der Waals surface area contributed by atoms with Crippen LogP contribution in [0.5, 0.6) is 0 Å². The van der Waals surface area contributed by atoms with Crippen molar-refractivity contribution in [2.24, 2.45) is 5.73 Å². The number of halogens is 2. The van der Waals surface area contributed by atoms with E-state index >= 15 is 0 Å². The Morgan fingerprint density at radius 1 is 1.17 bits per heavy atom. The lowest BCUT2D eigenvalue weighted by Gasteiger charge is -2.07. The number of benzene rings is 2. The summed E-state index contributed by atoms with van der Waals surface area (Å²) in [5.41, 5.74) is 6.80. The summed E-state index contributed by atoms with van der Waals surface area (Å²) in [5.74, 6) is 0. The molecule has 2 N–H and O–H groups in total. The molecule has 94 valence electrons. The Kier molecular flexibility index (Phi) is 5.13. The van der Waals surface area contributed by atoms with E-state index in [0.717, 1.165) is 25.7 Å². The SMILES string of the molecule is NCCc1ccc(Sc2ccccc2Cl)cc1Br. The van der Waals surface area contributed by atoms with Crippen LogP contribution in [0.4, 0.5) is 0 Å². The second-order valence-corrected chi connectivity index (χ2v) is 6.20. The second kappa shape index (κ2) is 6.62. The molecule has 0 amide bonds. The molecule has 0 saturated heterocycles. The topological polar surface area (TPSA) is 26.0 Å². The highest BCUT2D eigenvalue weighted by molar-refractivity contribution is 9.10. The zero-order valence-electron chi connectivity index (χ0n) is 9.70. The van der Waals surface area contributed by atoms with Crippen LogP contribution in [0.25, 0.3) is 0 Å². The summed E-state index contributed by atoms with van der Waals surface area (Å²) < 4.78 is 1.10. The molecular formula is C14H13BrClNS. The molecule has 0 spiro atoms. The number of hydrogen-bond acceptors (Lipinski definition) is 2. The lowest BCUT2D eigenvalue weighted by Crippen LogP contribution is -2.03. The first-order valence-electron chi connectivity index (χ1n) is 5.61.